The van der Waals surface area contributed by atoms with Crippen LogP contribution in [0, 0.1) is 5.82 Å². The Bertz CT molecular complexity index is 728. The van der Waals surface area contributed by atoms with Crippen molar-refractivity contribution in [2.75, 3.05) is 13.1 Å². The minimum Gasteiger partial charge on any atom is -0.353 e. The van der Waals surface area contributed by atoms with Crippen LogP contribution in [0.2, 0.25) is 0 Å². The first-order valence-corrected chi connectivity index (χ1v) is 8.19. The van der Waals surface area contributed by atoms with E-state index in [1.54, 1.807) is 17.0 Å². The van der Waals surface area contributed by atoms with Gasteiger partial charge in [-0.15, -0.1) is 11.3 Å². The maximum Gasteiger partial charge on any atom is 0.264 e. The molecule has 2 amide bonds. The van der Waals surface area contributed by atoms with E-state index >= 15 is 0 Å². The van der Waals surface area contributed by atoms with Gasteiger partial charge in [-0.05, 0) is 36.1 Å². The van der Waals surface area contributed by atoms with Crippen molar-refractivity contribution in [1.82, 2.24) is 10.2 Å². The molecule has 0 radical (unpaired) electrons. The van der Waals surface area contributed by atoms with Crippen LogP contribution in [0.3, 0.4) is 0 Å². The molecule has 0 aliphatic carbocycles. The quantitative estimate of drug-likeness (QED) is 0.945. The van der Waals surface area contributed by atoms with E-state index in [9.17, 15) is 14.0 Å². The molecule has 1 aliphatic heterocycles. The van der Waals surface area contributed by atoms with Gasteiger partial charge in [0.25, 0.3) is 5.91 Å². The zero-order valence-electron chi connectivity index (χ0n) is 12.3. The first-order chi connectivity index (χ1) is 10.6. The van der Waals surface area contributed by atoms with Crippen LogP contribution in [0.4, 0.5) is 4.39 Å². The second-order valence-corrected chi connectivity index (χ2v) is 6.47. The molecule has 0 saturated carbocycles. The van der Waals surface area contributed by atoms with Crippen molar-refractivity contribution < 1.29 is 14.0 Å². The molecule has 1 atom stereocenters. The van der Waals surface area contributed by atoms with Crippen LogP contribution in [0.1, 0.15) is 29.4 Å². The van der Waals surface area contributed by atoms with Crippen LogP contribution >= 0.6 is 11.3 Å². The third-order valence-corrected chi connectivity index (χ3v) is 4.95. The Labute approximate surface area is 131 Å². The van der Waals surface area contributed by atoms with Gasteiger partial charge in [-0.25, -0.2) is 4.39 Å². The highest BCUT2D eigenvalue weighted by atomic mass is 32.1. The number of nitrogens with zero attached hydrogens (tertiary/aromatic N) is 1. The smallest absolute Gasteiger partial charge is 0.264 e. The first kappa shape index (κ1) is 15.0. The monoisotopic (exact) mass is 320 g/mol. The van der Waals surface area contributed by atoms with Gasteiger partial charge in [-0.3, -0.25) is 9.59 Å². The van der Waals surface area contributed by atoms with E-state index in [0.717, 1.165) is 16.5 Å². The van der Waals surface area contributed by atoms with Crippen LogP contribution in [0.25, 0.3) is 10.1 Å². The number of nitrogens with one attached hydrogen (secondary N) is 1. The van der Waals surface area contributed by atoms with Crippen LogP contribution in [0.5, 0.6) is 0 Å². The summed E-state index contributed by atoms with van der Waals surface area (Å²) in [4.78, 5) is 26.9. The first-order valence-electron chi connectivity index (χ1n) is 7.38. The largest absolute Gasteiger partial charge is 0.353 e. The molecule has 1 N–H and O–H groups in total. The van der Waals surface area contributed by atoms with Gasteiger partial charge in [-0.2, -0.15) is 0 Å². The summed E-state index contributed by atoms with van der Waals surface area (Å²) in [5.41, 5.74) is 0. The number of piperazine rings is 1. The van der Waals surface area contributed by atoms with Crippen molar-refractivity contribution in [2.24, 2.45) is 0 Å². The molecule has 22 heavy (non-hydrogen) atoms. The average molecular weight is 320 g/mol. The lowest BCUT2D eigenvalue weighted by Crippen LogP contribution is -2.57. The highest BCUT2D eigenvalue weighted by Crippen LogP contribution is 2.28. The number of hydrogen-bond acceptors (Lipinski definition) is 3. The van der Waals surface area contributed by atoms with Gasteiger partial charge in [0.2, 0.25) is 5.91 Å². The number of amides is 2. The van der Waals surface area contributed by atoms with Crippen LogP contribution < -0.4 is 5.32 Å². The fraction of sp³-hybridized carbons (Fsp3) is 0.375. The van der Waals surface area contributed by atoms with Crippen molar-refractivity contribution in [3.8, 4) is 0 Å². The van der Waals surface area contributed by atoms with E-state index in [1.807, 2.05) is 6.92 Å². The number of carbonyl (C=O) groups is 2. The Morgan fingerprint density at radius 1 is 1.45 bits per heavy atom. The molecule has 1 aromatic heterocycles. The number of rotatable bonds is 3. The molecule has 1 aliphatic rings. The fourth-order valence-electron chi connectivity index (χ4n) is 2.78. The number of halogens is 1. The molecule has 1 saturated heterocycles. The summed E-state index contributed by atoms with van der Waals surface area (Å²) in [6.45, 7) is 2.98. The normalized spacial score (nSPS) is 18.5. The minimum absolute atomic E-state index is 0.0893. The lowest BCUT2D eigenvalue weighted by atomic mass is 10.1. The molecule has 0 unspecified atom stereocenters. The molecule has 2 aromatic rings. The van der Waals surface area contributed by atoms with Gasteiger partial charge in [0, 0.05) is 17.8 Å². The van der Waals surface area contributed by atoms with E-state index in [1.165, 1.54) is 23.5 Å². The highest BCUT2D eigenvalue weighted by Gasteiger charge is 2.33. The number of fused-ring (bicyclic) bond motifs is 1. The maximum atomic E-state index is 13.3. The maximum absolute atomic E-state index is 13.3. The molecule has 4 nitrogen and oxygen atoms in total. The predicted molar refractivity (Wildman–Crippen MR) is 84.5 cm³/mol. The van der Waals surface area contributed by atoms with Crippen molar-refractivity contribution in [3.63, 3.8) is 0 Å². The summed E-state index contributed by atoms with van der Waals surface area (Å²) in [6, 6.07) is 5.80. The van der Waals surface area contributed by atoms with Gasteiger partial charge in [0.1, 0.15) is 11.9 Å². The molecule has 2 heterocycles. The van der Waals surface area contributed by atoms with Crippen molar-refractivity contribution in [3.05, 3.63) is 35.0 Å². The van der Waals surface area contributed by atoms with Crippen molar-refractivity contribution >= 4 is 33.2 Å². The topological polar surface area (TPSA) is 49.4 Å². The zero-order valence-corrected chi connectivity index (χ0v) is 13.1. The van der Waals surface area contributed by atoms with Crippen LogP contribution in [-0.2, 0) is 4.79 Å². The lowest BCUT2D eigenvalue weighted by Gasteiger charge is -2.34. The Hall–Kier alpha value is -1.95. The van der Waals surface area contributed by atoms with E-state index in [-0.39, 0.29) is 17.6 Å². The van der Waals surface area contributed by atoms with Gasteiger partial charge in [0.15, 0.2) is 0 Å². The molecular weight excluding hydrogens is 303 g/mol. The molecule has 116 valence electrons. The van der Waals surface area contributed by atoms with E-state index < -0.39 is 6.04 Å². The van der Waals surface area contributed by atoms with Crippen molar-refractivity contribution in [2.45, 2.75) is 25.8 Å². The summed E-state index contributed by atoms with van der Waals surface area (Å²) < 4.78 is 14.1. The zero-order chi connectivity index (χ0) is 15.7. The molecule has 1 aromatic carbocycles. The third kappa shape index (κ3) is 2.70. The Morgan fingerprint density at radius 3 is 3.05 bits per heavy atom. The summed E-state index contributed by atoms with van der Waals surface area (Å²) in [5, 5.41) is 3.53. The molecule has 0 spiro atoms. The van der Waals surface area contributed by atoms with Crippen LogP contribution in [-0.4, -0.2) is 35.8 Å². The summed E-state index contributed by atoms with van der Waals surface area (Å²) in [7, 11) is 0. The van der Waals surface area contributed by atoms with Crippen molar-refractivity contribution in [1.29, 1.82) is 0 Å². The van der Waals surface area contributed by atoms with Crippen LogP contribution in [0.15, 0.2) is 24.3 Å². The van der Waals surface area contributed by atoms with E-state index in [2.05, 4.69) is 5.32 Å². The Morgan fingerprint density at radius 2 is 2.27 bits per heavy atom. The lowest BCUT2D eigenvalue weighted by molar-refractivity contribution is -0.128. The number of thiophene rings is 1. The minimum atomic E-state index is -0.409. The molecule has 3 rings (SSSR count). The highest BCUT2D eigenvalue weighted by molar-refractivity contribution is 7.20. The molecule has 1 fully saturated rings. The summed E-state index contributed by atoms with van der Waals surface area (Å²) in [5.74, 6) is -0.547. The predicted octanol–water partition coefficient (Wildman–Crippen LogP) is 2.78. The summed E-state index contributed by atoms with van der Waals surface area (Å²) >= 11 is 1.34. The molecule has 6 heteroatoms. The molecule has 0 bridgehead atoms. The number of benzene rings is 1. The Kier molecular flexibility index (Phi) is 4.11. The second-order valence-electron chi connectivity index (χ2n) is 5.39. The van der Waals surface area contributed by atoms with Gasteiger partial charge in [-0.1, -0.05) is 13.3 Å². The van der Waals surface area contributed by atoms with E-state index in [0.29, 0.717) is 24.4 Å². The average Bonchev–Trinajstić information content (AvgIpc) is 2.91. The SMILES string of the molecule is CCC[C@@H]1C(=O)NCCN1C(=O)c1cc2cc(F)ccc2s1. The van der Waals surface area contributed by atoms with Gasteiger partial charge >= 0.3 is 0 Å². The second kappa shape index (κ2) is 6.04. The molecular formula is C16H17FN2O2S. The number of carbonyl (C=O) groups excluding carboxylic acids is 2. The summed E-state index contributed by atoms with van der Waals surface area (Å²) in [6.07, 6.45) is 1.48. The van der Waals surface area contributed by atoms with Gasteiger partial charge < -0.3 is 10.2 Å². The Balaban J connectivity index is 1.91. The number of hydrogen-bond donors (Lipinski definition) is 1. The van der Waals surface area contributed by atoms with E-state index in [4.69, 9.17) is 0 Å². The standard InChI is InChI=1S/C16H17FN2O2S/c1-2-3-12-15(20)18-6-7-19(12)16(21)14-9-10-8-11(17)4-5-13(10)22-14/h4-5,8-9,12H,2-3,6-7H2,1H3,(H,18,20)/t12-/m1/s1. The van der Waals surface area contributed by atoms with Gasteiger partial charge in [0.05, 0.1) is 4.88 Å². The fourth-order valence-corrected chi connectivity index (χ4v) is 3.78. The third-order valence-electron chi connectivity index (χ3n) is 3.84.